The van der Waals surface area contributed by atoms with Crippen molar-refractivity contribution in [3.63, 3.8) is 0 Å². The van der Waals surface area contributed by atoms with Crippen molar-refractivity contribution in [2.75, 3.05) is 11.4 Å². The summed E-state index contributed by atoms with van der Waals surface area (Å²) >= 11 is 0. The molecular weight excluding hydrogens is 224 g/mol. The van der Waals surface area contributed by atoms with E-state index in [1.54, 1.807) is 6.20 Å². The Labute approximate surface area is 109 Å². The molecule has 0 aromatic carbocycles. The standard InChI is InChI=1S/C14H22N4/c1-9-6-10(2)11(3)18(8-9)12-4-5-17-13(7-12)14(15)16/h4-5,7,9-11H,6,8H2,1-3H3,(H3,15,16). The highest BCUT2D eigenvalue weighted by atomic mass is 15.2. The van der Waals surface area contributed by atoms with Crippen LogP contribution in [0.1, 0.15) is 32.9 Å². The lowest BCUT2D eigenvalue weighted by molar-refractivity contribution is 0.297. The van der Waals surface area contributed by atoms with Gasteiger partial charge in [0.05, 0.1) is 0 Å². The number of anilines is 1. The summed E-state index contributed by atoms with van der Waals surface area (Å²) in [6.07, 6.45) is 3.02. The number of rotatable bonds is 2. The molecule has 18 heavy (non-hydrogen) atoms. The maximum atomic E-state index is 7.47. The summed E-state index contributed by atoms with van der Waals surface area (Å²) in [5, 5.41) is 7.47. The summed E-state index contributed by atoms with van der Waals surface area (Å²) in [4.78, 5) is 6.53. The SMILES string of the molecule is CC1CC(C)C(C)N(c2ccnc(C(=N)N)c2)C1. The molecule has 2 rings (SSSR count). The van der Waals surface area contributed by atoms with Crippen LogP contribution in [0.5, 0.6) is 0 Å². The van der Waals surface area contributed by atoms with E-state index in [-0.39, 0.29) is 5.84 Å². The maximum absolute atomic E-state index is 7.47. The first-order valence-electron chi connectivity index (χ1n) is 6.56. The highest BCUT2D eigenvalue weighted by Gasteiger charge is 2.29. The van der Waals surface area contributed by atoms with E-state index >= 15 is 0 Å². The Morgan fingerprint density at radius 1 is 1.44 bits per heavy atom. The van der Waals surface area contributed by atoms with Crippen molar-refractivity contribution >= 4 is 11.5 Å². The molecule has 0 amide bonds. The van der Waals surface area contributed by atoms with Crippen LogP contribution in [0.15, 0.2) is 18.3 Å². The molecule has 1 aliphatic heterocycles. The number of piperidine rings is 1. The van der Waals surface area contributed by atoms with Crippen LogP contribution in [0.4, 0.5) is 5.69 Å². The predicted octanol–water partition coefficient (Wildman–Crippen LogP) is 2.24. The van der Waals surface area contributed by atoms with E-state index < -0.39 is 0 Å². The van der Waals surface area contributed by atoms with Gasteiger partial charge in [0.15, 0.2) is 0 Å². The van der Waals surface area contributed by atoms with Crippen LogP contribution in [-0.4, -0.2) is 23.4 Å². The highest BCUT2D eigenvalue weighted by Crippen LogP contribution is 2.31. The third-order valence-electron chi connectivity index (χ3n) is 3.95. The second-order valence-corrected chi connectivity index (χ2v) is 5.52. The molecule has 0 saturated carbocycles. The Kier molecular flexibility index (Phi) is 3.55. The van der Waals surface area contributed by atoms with Gasteiger partial charge in [-0.1, -0.05) is 13.8 Å². The van der Waals surface area contributed by atoms with Gasteiger partial charge in [-0.15, -0.1) is 0 Å². The van der Waals surface area contributed by atoms with Crippen molar-refractivity contribution < 1.29 is 0 Å². The molecule has 1 aromatic heterocycles. The van der Waals surface area contributed by atoms with Crippen molar-refractivity contribution in [3.05, 3.63) is 24.0 Å². The van der Waals surface area contributed by atoms with Gasteiger partial charge in [-0.25, -0.2) is 0 Å². The lowest BCUT2D eigenvalue weighted by atomic mass is 9.85. The van der Waals surface area contributed by atoms with Gasteiger partial charge in [0.25, 0.3) is 0 Å². The molecule has 0 spiro atoms. The second-order valence-electron chi connectivity index (χ2n) is 5.52. The average Bonchev–Trinajstić information content (AvgIpc) is 2.34. The topological polar surface area (TPSA) is 66.0 Å². The summed E-state index contributed by atoms with van der Waals surface area (Å²) < 4.78 is 0. The quantitative estimate of drug-likeness (QED) is 0.621. The van der Waals surface area contributed by atoms with Crippen molar-refractivity contribution in [1.29, 1.82) is 5.41 Å². The molecule has 98 valence electrons. The fraction of sp³-hybridized carbons (Fsp3) is 0.571. The molecule has 1 fully saturated rings. The third kappa shape index (κ3) is 2.47. The summed E-state index contributed by atoms with van der Waals surface area (Å²) in [6, 6.07) is 4.44. The Bertz CT molecular complexity index is 443. The molecule has 0 radical (unpaired) electrons. The number of nitrogens with zero attached hydrogens (tertiary/aromatic N) is 2. The number of nitrogens with one attached hydrogen (secondary N) is 1. The molecule has 3 N–H and O–H groups in total. The summed E-state index contributed by atoms with van der Waals surface area (Å²) in [7, 11) is 0. The maximum Gasteiger partial charge on any atom is 0.141 e. The number of nitrogens with two attached hydrogens (primary N) is 1. The Balaban J connectivity index is 2.29. The monoisotopic (exact) mass is 246 g/mol. The van der Waals surface area contributed by atoms with E-state index in [0.717, 1.165) is 12.2 Å². The zero-order valence-corrected chi connectivity index (χ0v) is 11.4. The van der Waals surface area contributed by atoms with Gasteiger partial charge >= 0.3 is 0 Å². The molecule has 0 aliphatic carbocycles. The minimum absolute atomic E-state index is 0.0302. The lowest BCUT2D eigenvalue weighted by Gasteiger charge is -2.42. The van der Waals surface area contributed by atoms with Crippen LogP contribution < -0.4 is 10.6 Å². The number of aromatic nitrogens is 1. The van der Waals surface area contributed by atoms with E-state index in [0.29, 0.717) is 23.6 Å². The van der Waals surface area contributed by atoms with Crippen molar-refractivity contribution in [2.45, 2.75) is 33.2 Å². The number of pyridine rings is 1. The first kappa shape index (κ1) is 12.9. The molecule has 3 atom stereocenters. The van der Waals surface area contributed by atoms with E-state index in [9.17, 15) is 0 Å². The normalized spacial score (nSPS) is 28.2. The fourth-order valence-corrected chi connectivity index (χ4v) is 2.80. The number of hydrogen-bond donors (Lipinski definition) is 2. The molecule has 1 aromatic rings. The molecule has 0 bridgehead atoms. The van der Waals surface area contributed by atoms with E-state index in [1.807, 2.05) is 12.1 Å². The second kappa shape index (κ2) is 4.96. The summed E-state index contributed by atoms with van der Waals surface area (Å²) in [5.41, 5.74) is 7.19. The molecule has 1 aliphatic rings. The Hall–Kier alpha value is -1.58. The predicted molar refractivity (Wildman–Crippen MR) is 75.0 cm³/mol. The van der Waals surface area contributed by atoms with E-state index in [2.05, 4.69) is 30.7 Å². The van der Waals surface area contributed by atoms with Gasteiger partial charge < -0.3 is 10.6 Å². The van der Waals surface area contributed by atoms with Crippen molar-refractivity contribution in [1.82, 2.24) is 4.98 Å². The molecule has 1 saturated heterocycles. The van der Waals surface area contributed by atoms with Crippen molar-refractivity contribution in [2.24, 2.45) is 17.6 Å². The van der Waals surface area contributed by atoms with Crippen LogP contribution in [0.3, 0.4) is 0 Å². The minimum atomic E-state index is 0.0302. The molecule has 2 heterocycles. The van der Waals surface area contributed by atoms with Gasteiger partial charge in [0, 0.05) is 24.5 Å². The molecular formula is C14H22N4. The summed E-state index contributed by atoms with van der Waals surface area (Å²) in [6.45, 7) is 7.93. The van der Waals surface area contributed by atoms with Crippen molar-refractivity contribution in [3.8, 4) is 0 Å². The fourth-order valence-electron chi connectivity index (χ4n) is 2.80. The Morgan fingerprint density at radius 3 is 2.83 bits per heavy atom. The number of hydrogen-bond acceptors (Lipinski definition) is 3. The van der Waals surface area contributed by atoms with E-state index in [4.69, 9.17) is 11.1 Å². The first-order valence-corrected chi connectivity index (χ1v) is 6.56. The molecule has 3 unspecified atom stereocenters. The Morgan fingerprint density at radius 2 is 2.17 bits per heavy atom. The smallest absolute Gasteiger partial charge is 0.141 e. The van der Waals surface area contributed by atoms with Gasteiger partial charge in [-0.3, -0.25) is 10.4 Å². The van der Waals surface area contributed by atoms with Crippen LogP contribution in [0, 0.1) is 17.2 Å². The van der Waals surface area contributed by atoms with Gasteiger partial charge in [-0.05, 0) is 37.3 Å². The first-order chi connectivity index (χ1) is 8.49. The minimum Gasteiger partial charge on any atom is -0.382 e. The van der Waals surface area contributed by atoms with Gasteiger partial charge in [-0.2, -0.15) is 0 Å². The van der Waals surface area contributed by atoms with Crippen LogP contribution in [-0.2, 0) is 0 Å². The average molecular weight is 246 g/mol. The molecule has 4 nitrogen and oxygen atoms in total. The lowest BCUT2D eigenvalue weighted by Crippen LogP contribution is -2.46. The van der Waals surface area contributed by atoms with Gasteiger partial charge in [0.1, 0.15) is 11.5 Å². The summed E-state index contributed by atoms with van der Waals surface area (Å²) in [5.74, 6) is 1.41. The molecule has 4 heteroatoms. The van der Waals surface area contributed by atoms with E-state index in [1.165, 1.54) is 6.42 Å². The zero-order valence-electron chi connectivity index (χ0n) is 11.4. The number of nitrogen functional groups attached to an aromatic ring is 1. The third-order valence-corrected chi connectivity index (χ3v) is 3.95. The number of amidine groups is 1. The largest absolute Gasteiger partial charge is 0.382 e. The van der Waals surface area contributed by atoms with Crippen LogP contribution in [0.25, 0.3) is 0 Å². The van der Waals surface area contributed by atoms with Crippen LogP contribution >= 0.6 is 0 Å². The van der Waals surface area contributed by atoms with Crippen LogP contribution in [0.2, 0.25) is 0 Å². The zero-order chi connectivity index (χ0) is 13.3. The highest BCUT2D eigenvalue weighted by molar-refractivity contribution is 5.93. The van der Waals surface area contributed by atoms with Gasteiger partial charge in [0.2, 0.25) is 0 Å².